The fourth-order valence-electron chi connectivity index (χ4n) is 1.29. The number of hydrogen-bond acceptors (Lipinski definition) is 3. The van der Waals surface area contributed by atoms with E-state index < -0.39 is 5.69 Å². The molecule has 0 saturated carbocycles. The molecule has 0 amide bonds. The molecule has 2 rings (SSSR count). The molecule has 0 unspecified atom stereocenters. The first kappa shape index (κ1) is 12.3. The van der Waals surface area contributed by atoms with Crippen LogP contribution >= 0.6 is 31.9 Å². The van der Waals surface area contributed by atoms with Crippen molar-refractivity contribution >= 4 is 31.9 Å². The third-order valence-electron chi connectivity index (χ3n) is 2.13. The molecule has 0 spiro atoms. The zero-order chi connectivity index (χ0) is 12.4. The standard InChI is InChI=1S/C10H7Br2N3O2/c11-6-1-2-7(13-3-6)5-15-9(16)8(12)4-14-10(15)17/h1-4H,5H2,(H,14,17). The first-order valence-electron chi connectivity index (χ1n) is 4.66. The topological polar surface area (TPSA) is 67.8 Å². The van der Waals surface area contributed by atoms with Crippen molar-refractivity contribution in [1.82, 2.24) is 14.5 Å². The van der Waals surface area contributed by atoms with E-state index in [0.717, 1.165) is 9.04 Å². The number of halogens is 2. The summed E-state index contributed by atoms with van der Waals surface area (Å²) >= 11 is 6.34. The number of aromatic nitrogens is 3. The van der Waals surface area contributed by atoms with Gasteiger partial charge in [-0.05, 0) is 44.0 Å². The molecule has 0 atom stereocenters. The highest BCUT2D eigenvalue weighted by atomic mass is 79.9. The average Bonchev–Trinajstić information content (AvgIpc) is 2.32. The third-order valence-corrected chi connectivity index (χ3v) is 3.16. The molecule has 0 aliphatic rings. The molecule has 7 heteroatoms. The summed E-state index contributed by atoms with van der Waals surface area (Å²) in [6.45, 7) is 0.140. The molecule has 0 aromatic carbocycles. The summed E-state index contributed by atoms with van der Waals surface area (Å²) in [6.07, 6.45) is 2.95. The summed E-state index contributed by atoms with van der Waals surface area (Å²) in [5.74, 6) is 0. The highest BCUT2D eigenvalue weighted by molar-refractivity contribution is 9.10. The van der Waals surface area contributed by atoms with E-state index in [1.54, 1.807) is 18.3 Å². The van der Waals surface area contributed by atoms with E-state index in [-0.39, 0.29) is 12.1 Å². The Morgan fingerprint density at radius 1 is 1.29 bits per heavy atom. The molecule has 0 bridgehead atoms. The Bertz CT molecular complexity index is 646. The minimum atomic E-state index is -0.456. The minimum Gasteiger partial charge on any atom is -0.313 e. The number of rotatable bonds is 2. The van der Waals surface area contributed by atoms with Crippen LogP contribution in [0.2, 0.25) is 0 Å². The van der Waals surface area contributed by atoms with Gasteiger partial charge in [0.15, 0.2) is 0 Å². The molecule has 0 radical (unpaired) electrons. The highest BCUT2D eigenvalue weighted by Crippen LogP contribution is 2.07. The van der Waals surface area contributed by atoms with Gasteiger partial charge in [-0.15, -0.1) is 0 Å². The van der Waals surface area contributed by atoms with E-state index in [0.29, 0.717) is 10.2 Å². The van der Waals surface area contributed by atoms with Crippen molar-refractivity contribution < 1.29 is 0 Å². The normalized spacial score (nSPS) is 10.5. The van der Waals surface area contributed by atoms with Crippen LogP contribution in [0.5, 0.6) is 0 Å². The molecule has 0 saturated heterocycles. The van der Waals surface area contributed by atoms with Crippen molar-refractivity contribution in [1.29, 1.82) is 0 Å². The SMILES string of the molecule is O=c1[nH]cc(Br)c(=O)n1Cc1ccc(Br)cn1. The second-order valence-corrected chi connectivity index (χ2v) is 5.07. The van der Waals surface area contributed by atoms with Crippen molar-refractivity contribution in [3.8, 4) is 0 Å². The predicted octanol–water partition coefficient (Wildman–Crippen LogP) is 1.50. The molecule has 0 aliphatic carbocycles. The van der Waals surface area contributed by atoms with E-state index in [9.17, 15) is 9.59 Å². The Labute approximate surface area is 113 Å². The van der Waals surface area contributed by atoms with E-state index >= 15 is 0 Å². The van der Waals surface area contributed by atoms with Gasteiger partial charge in [0, 0.05) is 16.9 Å². The lowest BCUT2D eigenvalue weighted by Crippen LogP contribution is -2.35. The lowest BCUT2D eigenvalue weighted by molar-refractivity contribution is 0.680. The number of hydrogen-bond donors (Lipinski definition) is 1. The number of nitrogens with one attached hydrogen (secondary N) is 1. The van der Waals surface area contributed by atoms with Gasteiger partial charge in [-0.1, -0.05) is 0 Å². The van der Waals surface area contributed by atoms with Crippen LogP contribution in [0.15, 0.2) is 43.1 Å². The second-order valence-electron chi connectivity index (χ2n) is 3.30. The van der Waals surface area contributed by atoms with E-state index in [4.69, 9.17) is 0 Å². The fraction of sp³-hybridized carbons (Fsp3) is 0.100. The summed E-state index contributed by atoms with van der Waals surface area (Å²) in [7, 11) is 0. The van der Waals surface area contributed by atoms with Crippen molar-refractivity contribution in [2.24, 2.45) is 0 Å². The van der Waals surface area contributed by atoms with Gasteiger partial charge < -0.3 is 4.98 Å². The average molecular weight is 361 g/mol. The first-order valence-corrected chi connectivity index (χ1v) is 6.25. The van der Waals surface area contributed by atoms with Gasteiger partial charge in [-0.2, -0.15) is 0 Å². The van der Waals surface area contributed by atoms with Crippen LogP contribution < -0.4 is 11.2 Å². The molecule has 5 nitrogen and oxygen atoms in total. The Morgan fingerprint density at radius 3 is 2.71 bits per heavy atom. The van der Waals surface area contributed by atoms with Gasteiger partial charge in [0.1, 0.15) is 0 Å². The highest BCUT2D eigenvalue weighted by Gasteiger charge is 2.06. The van der Waals surface area contributed by atoms with Gasteiger partial charge in [0.2, 0.25) is 0 Å². The van der Waals surface area contributed by atoms with Crippen LogP contribution in [-0.4, -0.2) is 14.5 Å². The Balaban J connectivity index is 2.43. The van der Waals surface area contributed by atoms with Gasteiger partial charge in [0.05, 0.1) is 16.7 Å². The molecule has 88 valence electrons. The molecule has 0 fully saturated rings. The molecule has 1 N–H and O–H groups in total. The van der Waals surface area contributed by atoms with Crippen molar-refractivity contribution in [3.63, 3.8) is 0 Å². The maximum absolute atomic E-state index is 11.7. The van der Waals surface area contributed by atoms with Crippen LogP contribution in [0.4, 0.5) is 0 Å². The summed E-state index contributed by atoms with van der Waals surface area (Å²) in [5.41, 5.74) is -0.194. The predicted molar refractivity (Wildman–Crippen MR) is 70.1 cm³/mol. The third kappa shape index (κ3) is 2.73. The van der Waals surface area contributed by atoms with Crippen molar-refractivity contribution in [3.05, 3.63) is 60.0 Å². The summed E-state index contributed by atoms with van der Waals surface area (Å²) < 4.78 is 2.24. The quantitative estimate of drug-likeness (QED) is 0.882. The Morgan fingerprint density at radius 2 is 2.06 bits per heavy atom. The number of pyridine rings is 1. The molecular formula is C10H7Br2N3O2. The van der Waals surface area contributed by atoms with Gasteiger partial charge in [0.25, 0.3) is 5.56 Å². The molecular weight excluding hydrogens is 354 g/mol. The summed E-state index contributed by atoms with van der Waals surface area (Å²) in [4.78, 5) is 29.8. The van der Waals surface area contributed by atoms with Crippen LogP contribution in [0, 0.1) is 0 Å². The zero-order valence-corrected chi connectivity index (χ0v) is 11.7. The Hall–Kier alpha value is -1.21. The first-order chi connectivity index (χ1) is 8.08. The van der Waals surface area contributed by atoms with Gasteiger partial charge in [-0.3, -0.25) is 14.3 Å². The largest absolute Gasteiger partial charge is 0.328 e. The Kier molecular flexibility index (Phi) is 3.58. The number of aromatic amines is 1. The van der Waals surface area contributed by atoms with Gasteiger partial charge in [-0.25, -0.2) is 4.79 Å². The van der Waals surface area contributed by atoms with Crippen LogP contribution in [-0.2, 0) is 6.54 Å². The molecule has 17 heavy (non-hydrogen) atoms. The lowest BCUT2D eigenvalue weighted by atomic mass is 10.3. The fourth-order valence-corrected chi connectivity index (χ4v) is 1.85. The van der Waals surface area contributed by atoms with E-state index in [1.807, 2.05) is 0 Å². The maximum atomic E-state index is 11.7. The second kappa shape index (κ2) is 4.97. The van der Waals surface area contributed by atoms with Crippen LogP contribution in [0.1, 0.15) is 5.69 Å². The van der Waals surface area contributed by atoms with Crippen LogP contribution in [0.3, 0.4) is 0 Å². The maximum Gasteiger partial charge on any atom is 0.328 e. The number of H-pyrrole nitrogens is 1. The summed E-state index contributed by atoms with van der Waals surface area (Å²) in [5, 5.41) is 0. The lowest BCUT2D eigenvalue weighted by Gasteiger charge is -2.04. The number of nitrogens with zero attached hydrogens (tertiary/aromatic N) is 2. The molecule has 2 aromatic rings. The minimum absolute atomic E-state index is 0.140. The molecule has 0 aliphatic heterocycles. The van der Waals surface area contributed by atoms with Gasteiger partial charge >= 0.3 is 5.69 Å². The van der Waals surface area contributed by atoms with E-state index in [2.05, 4.69) is 41.8 Å². The molecule has 2 heterocycles. The monoisotopic (exact) mass is 359 g/mol. The smallest absolute Gasteiger partial charge is 0.313 e. The van der Waals surface area contributed by atoms with Crippen molar-refractivity contribution in [2.45, 2.75) is 6.54 Å². The summed E-state index contributed by atoms with van der Waals surface area (Å²) in [6, 6.07) is 3.55. The van der Waals surface area contributed by atoms with Crippen LogP contribution in [0.25, 0.3) is 0 Å². The zero-order valence-electron chi connectivity index (χ0n) is 8.48. The van der Waals surface area contributed by atoms with Crippen molar-refractivity contribution in [2.75, 3.05) is 0 Å². The molecule has 2 aromatic heterocycles. The van der Waals surface area contributed by atoms with E-state index in [1.165, 1.54) is 6.20 Å².